The number of amides is 2. The zero-order chi connectivity index (χ0) is 23.6. The fourth-order valence-corrected chi connectivity index (χ4v) is 5.95. The van der Waals surface area contributed by atoms with E-state index in [0.717, 1.165) is 64.6 Å². The standard InChI is InChI=1S/C28H28N4O2/c1-30(2)15-17-12-13-32-22-11-7-5-9-19(22)24(23(32)14-17)26-25(27(33)29-28(26)34)20-16-31(3)21-10-6-4-8-18(20)21/h4-11,16-17H,12-15H2,1-3H3,(H,29,33,34)/t17-/m1/s1. The highest BCUT2D eigenvalue weighted by atomic mass is 16.2. The van der Waals surface area contributed by atoms with Gasteiger partial charge in [-0.2, -0.15) is 0 Å². The summed E-state index contributed by atoms with van der Waals surface area (Å²) < 4.78 is 4.38. The Morgan fingerprint density at radius 1 is 0.941 bits per heavy atom. The summed E-state index contributed by atoms with van der Waals surface area (Å²) in [5, 5.41) is 4.63. The summed E-state index contributed by atoms with van der Waals surface area (Å²) in [6.45, 7) is 1.92. The van der Waals surface area contributed by atoms with E-state index in [2.05, 4.69) is 41.0 Å². The van der Waals surface area contributed by atoms with Crippen LogP contribution in [0.3, 0.4) is 0 Å². The molecule has 6 heteroatoms. The SMILES string of the molecule is CN(C)C[C@@H]1CCn2c(c(C3=C(c4cn(C)c5ccccc45)C(=O)NC3=O)c3ccccc32)C1. The molecular formula is C28H28N4O2. The third-order valence-corrected chi connectivity index (χ3v) is 7.29. The number of aromatic nitrogens is 2. The van der Waals surface area contributed by atoms with Crippen LogP contribution in [0.25, 0.3) is 33.0 Å². The van der Waals surface area contributed by atoms with Crippen molar-refractivity contribution in [2.75, 3.05) is 20.6 Å². The molecule has 1 N–H and O–H groups in total. The first-order valence-electron chi connectivity index (χ1n) is 11.8. The van der Waals surface area contributed by atoms with Crippen molar-refractivity contribution in [3.63, 3.8) is 0 Å². The smallest absolute Gasteiger partial charge is 0.259 e. The lowest BCUT2D eigenvalue weighted by Crippen LogP contribution is -2.29. The van der Waals surface area contributed by atoms with Crippen molar-refractivity contribution in [1.29, 1.82) is 0 Å². The highest BCUT2D eigenvalue weighted by molar-refractivity contribution is 6.51. The van der Waals surface area contributed by atoms with Crippen LogP contribution in [0.4, 0.5) is 0 Å². The zero-order valence-electron chi connectivity index (χ0n) is 19.8. The lowest BCUT2D eigenvalue weighted by atomic mass is 9.89. The second-order valence-electron chi connectivity index (χ2n) is 9.82. The Morgan fingerprint density at radius 2 is 1.62 bits per heavy atom. The fraction of sp³-hybridized carbons (Fsp3) is 0.286. The topological polar surface area (TPSA) is 59.3 Å². The minimum absolute atomic E-state index is 0.304. The molecule has 2 amide bonds. The van der Waals surface area contributed by atoms with E-state index >= 15 is 0 Å². The Kier molecular flexibility index (Phi) is 4.74. The number of para-hydroxylation sites is 2. The first-order chi connectivity index (χ1) is 16.4. The molecule has 4 heterocycles. The molecule has 0 radical (unpaired) electrons. The van der Waals surface area contributed by atoms with E-state index < -0.39 is 0 Å². The van der Waals surface area contributed by atoms with E-state index in [4.69, 9.17) is 0 Å². The predicted molar refractivity (Wildman–Crippen MR) is 135 cm³/mol. The maximum absolute atomic E-state index is 13.4. The molecule has 0 saturated heterocycles. The van der Waals surface area contributed by atoms with Crippen LogP contribution in [-0.4, -0.2) is 46.5 Å². The minimum Gasteiger partial charge on any atom is -0.350 e. The van der Waals surface area contributed by atoms with Gasteiger partial charge >= 0.3 is 0 Å². The second kappa shape index (κ2) is 7.71. The largest absolute Gasteiger partial charge is 0.350 e. The molecule has 0 spiro atoms. The van der Waals surface area contributed by atoms with Gasteiger partial charge in [0.2, 0.25) is 0 Å². The van der Waals surface area contributed by atoms with Crippen molar-refractivity contribution >= 4 is 44.8 Å². The normalized spacial score (nSPS) is 18.4. The van der Waals surface area contributed by atoms with Gasteiger partial charge in [0.25, 0.3) is 11.8 Å². The van der Waals surface area contributed by atoms with Gasteiger partial charge in [0.1, 0.15) is 0 Å². The monoisotopic (exact) mass is 452 g/mol. The molecule has 172 valence electrons. The van der Waals surface area contributed by atoms with Gasteiger partial charge < -0.3 is 14.0 Å². The van der Waals surface area contributed by atoms with Crippen LogP contribution in [0.2, 0.25) is 0 Å². The average Bonchev–Trinajstić information content (AvgIpc) is 3.41. The van der Waals surface area contributed by atoms with Crippen LogP contribution in [0.15, 0.2) is 54.7 Å². The summed E-state index contributed by atoms with van der Waals surface area (Å²) in [7, 11) is 6.19. The quantitative estimate of drug-likeness (QED) is 0.479. The Morgan fingerprint density at radius 3 is 2.38 bits per heavy atom. The summed E-state index contributed by atoms with van der Waals surface area (Å²) in [5.74, 6) is -0.116. The van der Waals surface area contributed by atoms with Crippen LogP contribution in [-0.2, 0) is 29.6 Å². The molecule has 4 aromatic rings. The van der Waals surface area contributed by atoms with Crippen molar-refractivity contribution in [3.05, 3.63) is 71.5 Å². The van der Waals surface area contributed by atoms with E-state index in [1.807, 2.05) is 54.2 Å². The Labute approximate surface area is 198 Å². The molecule has 2 aromatic carbocycles. The molecule has 34 heavy (non-hydrogen) atoms. The summed E-state index contributed by atoms with van der Waals surface area (Å²) in [4.78, 5) is 28.9. The van der Waals surface area contributed by atoms with Crippen LogP contribution in [0.5, 0.6) is 0 Å². The first-order valence-corrected chi connectivity index (χ1v) is 11.8. The maximum atomic E-state index is 13.4. The van der Waals surface area contributed by atoms with Gasteiger partial charge in [-0.25, -0.2) is 0 Å². The van der Waals surface area contributed by atoms with Gasteiger partial charge in [-0.15, -0.1) is 0 Å². The number of aryl methyl sites for hydroxylation is 2. The first kappa shape index (κ1) is 20.9. The summed E-state index contributed by atoms with van der Waals surface area (Å²) in [6.07, 6.45) is 3.96. The molecule has 0 unspecified atom stereocenters. The number of imide groups is 1. The average molecular weight is 453 g/mol. The van der Waals surface area contributed by atoms with E-state index in [1.165, 1.54) is 0 Å². The van der Waals surface area contributed by atoms with Crippen LogP contribution >= 0.6 is 0 Å². The van der Waals surface area contributed by atoms with E-state index in [0.29, 0.717) is 17.1 Å². The van der Waals surface area contributed by atoms with Gasteiger partial charge in [-0.1, -0.05) is 36.4 Å². The number of benzene rings is 2. The van der Waals surface area contributed by atoms with Gasteiger partial charge in [-0.05, 0) is 45.0 Å². The second-order valence-corrected chi connectivity index (χ2v) is 9.82. The highest BCUT2D eigenvalue weighted by Gasteiger charge is 2.38. The Balaban J connectivity index is 1.65. The Bertz CT molecular complexity index is 1520. The number of nitrogens with one attached hydrogen (secondary N) is 1. The molecule has 0 aliphatic carbocycles. The van der Waals surface area contributed by atoms with E-state index in [-0.39, 0.29) is 11.8 Å². The van der Waals surface area contributed by atoms with Gasteiger partial charge in [-0.3, -0.25) is 14.9 Å². The van der Waals surface area contributed by atoms with Gasteiger partial charge in [0.15, 0.2) is 0 Å². The number of hydrogen-bond acceptors (Lipinski definition) is 3. The number of nitrogens with zero attached hydrogens (tertiary/aromatic N) is 3. The molecule has 0 fully saturated rings. The number of hydrogen-bond donors (Lipinski definition) is 1. The number of fused-ring (bicyclic) bond motifs is 4. The van der Waals surface area contributed by atoms with Crippen molar-refractivity contribution in [2.45, 2.75) is 19.4 Å². The van der Waals surface area contributed by atoms with Crippen molar-refractivity contribution in [1.82, 2.24) is 19.4 Å². The molecule has 2 aliphatic rings. The molecule has 0 saturated carbocycles. The lowest BCUT2D eigenvalue weighted by Gasteiger charge is -2.28. The number of rotatable bonds is 4. The summed E-state index contributed by atoms with van der Waals surface area (Å²) in [6, 6.07) is 16.3. The summed E-state index contributed by atoms with van der Waals surface area (Å²) >= 11 is 0. The predicted octanol–water partition coefficient (Wildman–Crippen LogP) is 3.82. The zero-order valence-corrected chi connectivity index (χ0v) is 19.8. The van der Waals surface area contributed by atoms with Gasteiger partial charge in [0.05, 0.1) is 11.1 Å². The fourth-order valence-electron chi connectivity index (χ4n) is 5.95. The van der Waals surface area contributed by atoms with Crippen molar-refractivity contribution in [3.8, 4) is 0 Å². The van der Waals surface area contributed by atoms with Crippen molar-refractivity contribution in [2.24, 2.45) is 13.0 Å². The molecule has 1 atom stereocenters. The van der Waals surface area contributed by atoms with Gasteiger partial charge in [0, 0.05) is 65.0 Å². The molecule has 6 rings (SSSR count). The van der Waals surface area contributed by atoms with Crippen molar-refractivity contribution < 1.29 is 9.59 Å². The van der Waals surface area contributed by atoms with Crippen LogP contribution in [0, 0.1) is 5.92 Å². The summed E-state index contributed by atoms with van der Waals surface area (Å²) in [5.41, 5.74) is 6.05. The highest BCUT2D eigenvalue weighted by Crippen LogP contribution is 2.42. The van der Waals surface area contributed by atoms with E-state index in [1.54, 1.807) is 0 Å². The minimum atomic E-state index is -0.318. The van der Waals surface area contributed by atoms with E-state index in [9.17, 15) is 9.59 Å². The Hall–Kier alpha value is -3.64. The lowest BCUT2D eigenvalue weighted by molar-refractivity contribution is -0.122. The van der Waals surface area contributed by atoms with Crippen LogP contribution in [0.1, 0.15) is 23.2 Å². The molecular weight excluding hydrogens is 424 g/mol. The number of carbonyl (C=O) groups excluding carboxylic acids is 2. The van der Waals surface area contributed by atoms with Crippen LogP contribution < -0.4 is 5.32 Å². The third-order valence-electron chi connectivity index (χ3n) is 7.29. The molecule has 0 bridgehead atoms. The number of carbonyl (C=O) groups is 2. The molecule has 6 nitrogen and oxygen atoms in total. The maximum Gasteiger partial charge on any atom is 0.259 e. The third kappa shape index (κ3) is 3.06. The molecule has 2 aliphatic heterocycles. The molecule has 2 aromatic heterocycles.